The van der Waals surface area contributed by atoms with Crippen LogP contribution in [-0.2, 0) is 0 Å². The number of nitrogens with zero attached hydrogens (tertiary/aromatic N) is 5. The minimum atomic E-state index is 0.511. The maximum atomic E-state index is 4.65. The molecule has 1 aliphatic rings. The third-order valence-electron chi connectivity index (χ3n) is 3.69. The van der Waals surface area contributed by atoms with E-state index in [1.54, 1.807) is 0 Å². The highest BCUT2D eigenvalue weighted by Crippen LogP contribution is 2.24. The van der Waals surface area contributed by atoms with E-state index in [0.29, 0.717) is 12.0 Å². The Balaban J connectivity index is 2.35. The van der Waals surface area contributed by atoms with Crippen LogP contribution < -0.4 is 15.1 Å². The van der Waals surface area contributed by atoms with E-state index in [1.165, 1.54) is 12.8 Å². The molecule has 0 aromatic carbocycles. The van der Waals surface area contributed by atoms with Gasteiger partial charge >= 0.3 is 0 Å². The van der Waals surface area contributed by atoms with Crippen LogP contribution in [0.1, 0.15) is 33.6 Å². The Morgan fingerprint density at radius 2 is 2.00 bits per heavy atom. The molecule has 0 radical (unpaired) electrons. The summed E-state index contributed by atoms with van der Waals surface area (Å²) in [5.74, 6) is 2.20. The molecular formula is C13H24N6. The fourth-order valence-electron chi connectivity index (χ4n) is 2.47. The van der Waals surface area contributed by atoms with Gasteiger partial charge in [0.25, 0.3) is 0 Å². The molecule has 2 heterocycles. The second-order valence-electron chi connectivity index (χ2n) is 4.87. The zero-order valence-corrected chi connectivity index (χ0v) is 12.3. The third-order valence-corrected chi connectivity index (χ3v) is 3.69. The molecular weight excluding hydrogens is 240 g/mol. The second kappa shape index (κ2) is 6.04. The third kappa shape index (κ3) is 2.88. The van der Waals surface area contributed by atoms with Crippen LogP contribution in [0.25, 0.3) is 0 Å². The van der Waals surface area contributed by atoms with Crippen molar-refractivity contribution in [2.45, 2.75) is 39.7 Å². The van der Waals surface area contributed by atoms with Gasteiger partial charge in [-0.2, -0.15) is 15.0 Å². The molecule has 1 aromatic rings. The van der Waals surface area contributed by atoms with E-state index in [-0.39, 0.29) is 0 Å². The van der Waals surface area contributed by atoms with Gasteiger partial charge < -0.3 is 15.1 Å². The van der Waals surface area contributed by atoms with Crippen LogP contribution in [0, 0.1) is 0 Å². The lowest BCUT2D eigenvalue weighted by atomic mass is 10.2. The van der Waals surface area contributed by atoms with Gasteiger partial charge in [-0.1, -0.05) is 0 Å². The van der Waals surface area contributed by atoms with Crippen molar-refractivity contribution in [3.05, 3.63) is 0 Å². The Kier molecular flexibility index (Phi) is 4.39. The molecule has 1 fully saturated rings. The Morgan fingerprint density at radius 3 is 2.53 bits per heavy atom. The first kappa shape index (κ1) is 13.8. The molecule has 0 saturated carbocycles. The fraction of sp³-hybridized carbons (Fsp3) is 0.769. The van der Waals surface area contributed by atoms with Gasteiger partial charge in [0, 0.05) is 32.7 Å². The van der Waals surface area contributed by atoms with E-state index in [9.17, 15) is 0 Å². The number of rotatable bonds is 5. The molecule has 0 aliphatic carbocycles. The first-order chi connectivity index (χ1) is 9.19. The largest absolute Gasteiger partial charge is 0.357 e. The van der Waals surface area contributed by atoms with E-state index in [2.05, 4.69) is 50.8 Å². The van der Waals surface area contributed by atoms with Gasteiger partial charge in [-0.05, 0) is 33.6 Å². The number of anilines is 3. The molecule has 1 N–H and O–H groups in total. The predicted octanol–water partition coefficient (Wildman–Crippen LogP) is 1.75. The molecule has 1 saturated heterocycles. The number of aromatic nitrogens is 3. The summed E-state index contributed by atoms with van der Waals surface area (Å²) < 4.78 is 0. The van der Waals surface area contributed by atoms with Crippen LogP contribution in [-0.4, -0.2) is 47.7 Å². The first-order valence-electron chi connectivity index (χ1n) is 7.15. The zero-order valence-electron chi connectivity index (χ0n) is 12.3. The van der Waals surface area contributed by atoms with Gasteiger partial charge in [0.15, 0.2) is 0 Å². The van der Waals surface area contributed by atoms with Gasteiger partial charge in [0.1, 0.15) is 0 Å². The highest BCUT2D eigenvalue weighted by molar-refractivity contribution is 5.46. The first-order valence-corrected chi connectivity index (χ1v) is 7.15. The monoisotopic (exact) mass is 264 g/mol. The topological polar surface area (TPSA) is 57.2 Å². The van der Waals surface area contributed by atoms with Crippen LogP contribution in [0.3, 0.4) is 0 Å². The summed E-state index contributed by atoms with van der Waals surface area (Å²) in [4.78, 5) is 18.0. The average Bonchev–Trinajstić information content (AvgIpc) is 2.86. The van der Waals surface area contributed by atoms with Crippen LogP contribution in [0.2, 0.25) is 0 Å². The van der Waals surface area contributed by atoms with Gasteiger partial charge in [-0.15, -0.1) is 0 Å². The number of hydrogen-bond donors (Lipinski definition) is 1. The second-order valence-corrected chi connectivity index (χ2v) is 4.87. The van der Waals surface area contributed by atoms with Crippen LogP contribution >= 0.6 is 0 Å². The van der Waals surface area contributed by atoms with E-state index >= 15 is 0 Å². The highest BCUT2D eigenvalue weighted by atomic mass is 15.4. The molecule has 19 heavy (non-hydrogen) atoms. The molecule has 6 heteroatoms. The summed E-state index contributed by atoms with van der Waals surface area (Å²) in [6.07, 6.45) is 2.42. The van der Waals surface area contributed by atoms with E-state index < -0.39 is 0 Å². The highest BCUT2D eigenvalue weighted by Gasteiger charge is 2.24. The molecule has 6 nitrogen and oxygen atoms in total. The molecule has 0 amide bonds. The van der Waals surface area contributed by atoms with Crippen molar-refractivity contribution in [1.82, 2.24) is 15.0 Å². The van der Waals surface area contributed by atoms with Crippen LogP contribution in [0.15, 0.2) is 0 Å². The Labute approximate surface area is 115 Å². The van der Waals surface area contributed by atoms with Gasteiger partial charge in [0.05, 0.1) is 0 Å². The Morgan fingerprint density at radius 1 is 1.26 bits per heavy atom. The number of nitrogens with one attached hydrogen (secondary N) is 1. The van der Waals surface area contributed by atoms with Crippen molar-refractivity contribution in [1.29, 1.82) is 0 Å². The zero-order chi connectivity index (χ0) is 13.8. The van der Waals surface area contributed by atoms with Crippen molar-refractivity contribution in [2.24, 2.45) is 0 Å². The minimum Gasteiger partial charge on any atom is -0.357 e. The lowest BCUT2D eigenvalue weighted by Crippen LogP contribution is -2.31. The molecule has 1 aliphatic heterocycles. The Hall–Kier alpha value is -1.59. The molecule has 106 valence electrons. The van der Waals surface area contributed by atoms with Crippen molar-refractivity contribution < 1.29 is 0 Å². The maximum absolute atomic E-state index is 4.65. The fourth-order valence-corrected chi connectivity index (χ4v) is 2.47. The van der Waals surface area contributed by atoms with E-state index in [1.807, 2.05) is 7.05 Å². The summed E-state index contributed by atoms with van der Waals surface area (Å²) in [7, 11) is 1.85. The lowest BCUT2D eigenvalue weighted by Gasteiger charge is -2.24. The van der Waals surface area contributed by atoms with Gasteiger partial charge in [-0.25, -0.2) is 0 Å². The van der Waals surface area contributed by atoms with Crippen molar-refractivity contribution >= 4 is 17.8 Å². The normalized spacial score (nSPS) is 18.7. The standard InChI is InChI=1S/C13H24N6/c1-5-18(6-2)12-15-11(14-4)16-13(17-12)19-9-7-8-10(19)3/h10H,5-9H2,1-4H3,(H,14,15,16,17). The summed E-state index contributed by atoms with van der Waals surface area (Å²) in [6, 6.07) is 0.511. The molecule has 1 unspecified atom stereocenters. The maximum Gasteiger partial charge on any atom is 0.232 e. The summed E-state index contributed by atoms with van der Waals surface area (Å²) in [5.41, 5.74) is 0. The molecule has 1 aromatic heterocycles. The molecule has 0 bridgehead atoms. The van der Waals surface area contributed by atoms with Crippen molar-refractivity contribution in [2.75, 3.05) is 41.8 Å². The van der Waals surface area contributed by atoms with Crippen LogP contribution in [0.4, 0.5) is 17.8 Å². The molecule has 0 spiro atoms. The number of hydrogen-bond acceptors (Lipinski definition) is 6. The lowest BCUT2D eigenvalue weighted by molar-refractivity contribution is 0.710. The van der Waals surface area contributed by atoms with Crippen molar-refractivity contribution in [3.63, 3.8) is 0 Å². The van der Waals surface area contributed by atoms with E-state index in [4.69, 9.17) is 0 Å². The predicted molar refractivity (Wildman–Crippen MR) is 79.0 cm³/mol. The van der Waals surface area contributed by atoms with E-state index in [0.717, 1.165) is 31.5 Å². The summed E-state index contributed by atoms with van der Waals surface area (Å²) in [5, 5.41) is 3.03. The van der Waals surface area contributed by atoms with Gasteiger partial charge in [0.2, 0.25) is 17.8 Å². The van der Waals surface area contributed by atoms with Gasteiger partial charge in [-0.3, -0.25) is 0 Å². The summed E-state index contributed by atoms with van der Waals surface area (Å²) in [6.45, 7) is 9.30. The Bertz CT molecular complexity index is 418. The average molecular weight is 264 g/mol. The van der Waals surface area contributed by atoms with Crippen molar-refractivity contribution in [3.8, 4) is 0 Å². The SMILES string of the molecule is CCN(CC)c1nc(NC)nc(N2CCCC2C)n1. The quantitative estimate of drug-likeness (QED) is 0.874. The minimum absolute atomic E-state index is 0.511. The summed E-state index contributed by atoms with van der Waals surface area (Å²) >= 11 is 0. The van der Waals surface area contributed by atoms with Crippen LogP contribution in [0.5, 0.6) is 0 Å². The molecule has 2 rings (SSSR count). The smallest absolute Gasteiger partial charge is 0.232 e. The molecule has 1 atom stereocenters.